The fraction of sp³-hybridized carbons (Fsp3) is 0.375. The lowest BCUT2D eigenvalue weighted by atomic mass is 10.0. The molecule has 3 N–H and O–H groups in total. The molecule has 8 nitrogen and oxygen atoms in total. The lowest BCUT2D eigenvalue weighted by Crippen LogP contribution is -2.52. The predicted octanol–water partition coefficient (Wildman–Crippen LogP) is 0.333. The minimum absolute atomic E-state index is 0.208. The van der Waals surface area contributed by atoms with E-state index in [9.17, 15) is 19.2 Å². The molecule has 0 aliphatic carbocycles. The third kappa shape index (κ3) is 2.82. The highest BCUT2D eigenvalue weighted by Crippen LogP contribution is 2.29. The standard InChI is InChI=1S/C16H17N3O5/c1-8(16(23)24)17-10-3-2-9-7-19(15(22)11(9)6-10)12-4-5-13(20)18-14(12)21/h2-3,6,8,12,17H,4-5,7H2,1H3,(H,23,24)(H,18,20,21). The molecule has 24 heavy (non-hydrogen) atoms. The average Bonchev–Trinajstić information content (AvgIpc) is 2.84. The molecule has 0 radical (unpaired) electrons. The number of imide groups is 1. The fourth-order valence-corrected chi connectivity index (χ4v) is 2.96. The van der Waals surface area contributed by atoms with Gasteiger partial charge in [-0.15, -0.1) is 0 Å². The maximum atomic E-state index is 12.6. The van der Waals surface area contributed by atoms with Gasteiger partial charge in [-0.1, -0.05) is 6.07 Å². The number of carbonyl (C=O) groups excluding carboxylic acids is 3. The van der Waals surface area contributed by atoms with Crippen LogP contribution in [0.4, 0.5) is 5.69 Å². The van der Waals surface area contributed by atoms with Crippen molar-refractivity contribution >= 4 is 29.4 Å². The van der Waals surface area contributed by atoms with E-state index >= 15 is 0 Å². The Morgan fingerprint density at radius 2 is 2.12 bits per heavy atom. The minimum Gasteiger partial charge on any atom is -0.480 e. The molecular weight excluding hydrogens is 314 g/mol. The van der Waals surface area contributed by atoms with Gasteiger partial charge in [0.15, 0.2) is 0 Å². The van der Waals surface area contributed by atoms with Crippen molar-refractivity contribution < 1.29 is 24.3 Å². The number of carbonyl (C=O) groups is 4. The van der Waals surface area contributed by atoms with Crippen LogP contribution in [0.25, 0.3) is 0 Å². The molecule has 2 aliphatic rings. The lowest BCUT2D eigenvalue weighted by molar-refractivity contribution is -0.138. The molecule has 2 unspecified atom stereocenters. The number of piperidine rings is 1. The predicted molar refractivity (Wildman–Crippen MR) is 83.2 cm³/mol. The van der Waals surface area contributed by atoms with Crippen molar-refractivity contribution in [3.05, 3.63) is 29.3 Å². The van der Waals surface area contributed by atoms with Crippen LogP contribution in [0.1, 0.15) is 35.7 Å². The second-order valence-corrected chi connectivity index (χ2v) is 5.98. The van der Waals surface area contributed by atoms with E-state index < -0.39 is 24.0 Å². The van der Waals surface area contributed by atoms with Gasteiger partial charge in [0.25, 0.3) is 5.91 Å². The number of carboxylic acids is 1. The Morgan fingerprint density at radius 1 is 1.38 bits per heavy atom. The zero-order valence-corrected chi connectivity index (χ0v) is 13.0. The second kappa shape index (κ2) is 5.95. The number of benzene rings is 1. The molecule has 0 bridgehead atoms. The number of amides is 3. The Bertz CT molecular complexity index is 745. The monoisotopic (exact) mass is 331 g/mol. The van der Waals surface area contributed by atoms with Gasteiger partial charge in [0.05, 0.1) is 0 Å². The summed E-state index contributed by atoms with van der Waals surface area (Å²) in [5.74, 6) is -2.06. The molecule has 8 heteroatoms. The van der Waals surface area contributed by atoms with Gasteiger partial charge < -0.3 is 15.3 Å². The molecular formula is C16H17N3O5. The summed E-state index contributed by atoms with van der Waals surface area (Å²) in [7, 11) is 0. The van der Waals surface area contributed by atoms with Gasteiger partial charge in [-0.05, 0) is 31.0 Å². The lowest BCUT2D eigenvalue weighted by Gasteiger charge is -2.29. The zero-order valence-electron chi connectivity index (χ0n) is 13.0. The van der Waals surface area contributed by atoms with E-state index in [1.54, 1.807) is 18.2 Å². The van der Waals surface area contributed by atoms with Crippen molar-refractivity contribution in [2.24, 2.45) is 0 Å². The van der Waals surface area contributed by atoms with Gasteiger partial charge in [0.1, 0.15) is 12.1 Å². The van der Waals surface area contributed by atoms with E-state index in [1.807, 2.05) is 0 Å². The highest BCUT2D eigenvalue weighted by molar-refractivity contribution is 6.05. The van der Waals surface area contributed by atoms with E-state index in [0.29, 0.717) is 24.2 Å². The second-order valence-electron chi connectivity index (χ2n) is 5.98. The van der Waals surface area contributed by atoms with Crippen LogP contribution in [0.15, 0.2) is 18.2 Å². The highest BCUT2D eigenvalue weighted by atomic mass is 16.4. The quantitative estimate of drug-likeness (QED) is 0.685. The van der Waals surface area contributed by atoms with Crippen molar-refractivity contribution in [3.8, 4) is 0 Å². The molecule has 2 aliphatic heterocycles. The van der Waals surface area contributed by atoms with E-state index in [4.69, 9.17) is 5.11 Å². The van der Waals surface area contributed by atoms with E-state index in [0.717, 1.165) is 5.56 Å². The van der Waals surface area contributed by atoms with Gasteiger partial charge in [-0.3, -0.25) is 24.5 Å². The Labute approximate surface area is 137 Å². The Morgan fingerprint density at radius 3 is 2.79 bits per heavy atom. The largest absolute Gasteiger partial charge is 0.480 e. The van der Waals surface area contributed by atoms with Crippen LogP contribution in [0, 0.1) is 0 Å². The van der Waals surface area contributed by atoms with Crippen molar-refractivity contribution in [2.75, 3.05) is 5.32 Å². The molecule has 1 aromatic carbocycles. The Balaban J connectivity index is 1.79. The van der Waals surface area contributed by atoms with Crippen LogP contribution in [0.3, 0.4) is 0 Å². The number of fused-ring (bicyclic) bond motifs is 1. The molecule has 0 saturated carbocycles. The average molecular weight is 331 g/mol. The summed E-state index contributed by atoms with van der Waals surface area (Å²) in [4.78, 5) is 48.2. The number of rotatable bonds is 4. The molecule has 126 valence electrons. The van der Waals surface area contributed by atoms with E-state index in [1.165, 1.54) is 11.8 Å². The summed E-state index contributed by atoms with van der Waals surface area (Å²) in [6.45, 7) is 1.81. The maximum Gasteiger partial charge on any atom is 0.325 e. The Kier molecular flexibility index (Phi) is 3.96. The molecule has 3 rings (SSSR count). The third-order valence-electron chi connectivity index (χ3n) is 4.28. The van der Waals surface area contributed by atoms with Crippen LogP contribution in [0.5, 0.6) is 0 Å². The first-order valence-electron chi connectivity index (χ1n) is 7.63. The van der Waals surface area contributed by atoms with Gasteiger partial charge in [-0.2, -0.15) is 0 Å². The smallest absolute Gasteiger partial charge is 0.325 e. The summed E-state index contributed by atoms with van der Waals surface area (Å²) in [6, 6.07) is 3.61. The molecule has 3 amide bonds. The van der Waals surface area contributed by atoms with Gasteiger partial charge in [0.2, 0.25) is 11.8 Å². The first kappa shape index (κ1) is 16.0. The van der Waals surface area contributed by atoms with Crippen molar-refractivity contribution in [1.82, 2.24) is 10.2 Å². The molecule has 1 fully saturated rings. The highest BCUT2D eigenvalue weighted by Gasteiger charge is 2.39. The number of carboxylic acid groups (broad SMARTS) is 1. The molecule has 0 aromatic heterocycles. The van der Waals surface area contributed by atoms with Gasteiger partial charge in [-0.25, -0.2) is 0 Å². The third-order valence-corrected chi connectivity index (χ3v) is 4.28. The number of nitrogens with zero attached hydrogens (tertiary/aromatic N) is 1. The molecule has 1 aromatic rings. The first-order valence-corrected chi connectivity index (χ1v) is 7.63. The van der Waals surface area contributed by atoms with Gasteiger partial charge in [0, 0.05) is 24.2 Å². The van der Waals surface area contributed by atoms with Crippen molar-refractivity contribution in [3.63, 3.8) is 0 Å². The summed E-state index contributed by atoms with van der Waals surface area (Å²) in [6.07, 6.45) is 0.519. The first-order chi connectivity index (χ1) is 11.4. The van der Waals surface area contributed by atoms with E-state index in [2.05, 4.69) is 10.6 Å². The fourth-order valence-electron chi connectivity index (χ4n) is 2.96. The zero-order chi connectivity index (χ0) is 17.4. The van der Waals surface area contributed by atoms with Crippen molar-refractivity contribution in [2.45, 2.75) is 38.4 Å². The number of hydrogen-bond acceptors (Lipinski definition) is 5. The summed E-state index contributed by atoms with van der Waals surface area (Å²) >= 11 is 0. The normalized spacial score (nSPS) is 21.3. The molecule has 2 atom stereocenters. The van der Waals surface area contributed by atoms with Gasteiger partial charge >= 0.3 is 5.97 Å². The Hall–Kier alpha value is -2.90. The number of nitrogens with one attached hydrogen (secondary N) is 2. The van der Waals surface area contributed by atoms with Crippen LogP contribution in [-0.2, 0) is 20.9 Å². The molecule has 2 heterocycles. The van der Waals surface area contributed by atoms with Crippen LogP contribution in [-0.4, -0.2) is 45.8 Å². The summed E-state index contributed by atoms with van der Waals surface area (Å²) < 4.78 is 0. The topological polar surface area (TPSA) is 116 Å². The number of hydrogen-bond donors (Lipinski definition) is 3. The SMILES string of the molecule is CC(Nc1ccc2c(c1)C(=O)N(C1CCC(=O)NC1=O)C2)C(=O)O. The van der Waals surface area contributed by atoms with E-state index in [-0.39, 0.29) is 18.2 Å². The summed E-state index contributed by atoms with van der Waals surface area (Å²) in [5, 5.41) is 14.0. The summed E-state index contributed by atoms with van der Waals surface area (Å²) in [5.41, 5.74) is 1.75. The van der Waals surface area contributed by atoms with Crippen LogP contribution in [0.2, 0.25) is 0 Å². The molecule has 0 spiro atoms. The molecule has 1 saturated heterocycles. The van der Waals surface area contributed by atoms with Crippen LogP contribution >= 0.6 is 0 Å². The van der Waals surface area contributed by atoms with Crippen molar-refractivity contribution in [1.29, 1.82) is 0 Å². The van der Waals surface area contributed by atoms with Crippen LogP contribution < -0.4 is 10.6 Å². The number of anilines is 1. The number of aliphatic carboxylic acids is 1. The maximum absolute atomic E-state index is 12.6. The minimum atomic E-state index is -0.994.